The Labute approximate surface area is 149 Å². The molecule has 0 spiro atoms. The van der Waals surface area contributed by atoms with Gasteiger partial charge in [0.1, 0.15) is 5.01 Å². The quantitative estimate of drug-likeness (QED) is 0.866. The number of amides is 1. The molecule has 0 unspecified atom stereocenters. The maximum atomic E-state index is 12.4. The van der Waals surface area contributed by atoms with Crippen LogP contribution in [-0.2, 0) is 11.2 Å². The van der Waals surface area contributed by atoms with E-state index in [0.29, 0.717) is 12.5 Å². The van der Waals surface area contributed by atoms with E-state index in [0.717, 1.165) is 46.7 Å². The van der Waals surface area contributed by atoms with Crippen molar-refractivity contribution in [2.24, 2.45) is 0 Å². The summed E-state index contributed by atoms with van der Waals surface area (Å²) in [6.07, 6.45) is 2.46. The van der Waals surface area contributed by atoms with Crippen LogP contribution in [0, 0.1) is 0 Å². The Morgan fingerprint density at radius 3 is 2.91 bits per heavy atom. The molecule has 1 aromatic heterocycles. The number of carbonyl (C=O) groups is 1. The van der Waals surface area contributed by atoms with Gasteiger partial charge in [0, 0.05) is 34.5 Å². The number of piperidine rings is 1. The average molecular weight is 394 g/mol. The molecule has 2 aromatic rings. The van der Waals surface area contributed by atoms with E-state index < -0.39 is 0 Å². The van der Waals surface area contributed by atoms with Gasteiger partial charge in [-0.2, -0.15) is 0 Å². The molecule has 0 radical (unpaired) electrons. The van der Waals surface area contributed by atoms with Crippen LogP contribution in [0.5, 0.6) is 0 Å². The summed E-state index contributed by atoms with van der Waals surface area (Å²) in [7, 11) is 1.99. The van der Waals surface area contributed by atoms with E-state index in [9.17, 15) is 4.79 Å². The summed E-state index contributed by atoms with van der Waals surface area (Å²) in [5.74, 6) is 0.186. The number of nitrogens with zero attached hydrogens (tertiary/aromatic N) is 2. The number of aromatic nitrogens is 1. The maximum Gasteiger partial charge on any atom is 0.228 e. The SMILES string of the molecule is CNC1CCN(C(=O)Cc2csc(-c3cccc(Br)c3)n2)CC1. The molecule has 1 aliphatic heterocycles. The second-order valence-electron chi connectivity index (χ2n) is 5.77. The highest BCUT2D eigenvalue weighted by atomic mass is 79.9. The molecule has 3 rings (SSSR count). The monoisotopic (exact) mass is 393 g/mol. The third kappa shape index (κ3) is 4.19. The summed E-state index contributed by atoms with van der Waals surface area (Å²) in [4.78, 5) is 19.0. The van der Waals surface area contributed by atoms with E-state index in [1.165, 1.54) is 0 Å². The first-order valence-corrected chi connectivity index (χ1v) is 9.48. The van der Waals surface area contributed by atoms with Crippen molar-refractivity contribution in [3.05, 3.63) is 39.8 Å². The number of nitrogens with one attached hydrogen (secondary N) is 1. The van der Waals surface area contributed by atoms with Gasteiger partial charge in [-0.3, -0.25) is 4.79 Å². The fraction of sp³-hybridized carbons (Fsp3) is 0.412. The molecule has 0 atom stereocenters. The predicted molar refractivity (Wildman–Crippen MR) is 97.6 cm³/mol. The largest absolute Gasteiger partial charge is 0.342 e. The van der Waals surface area contributed by atoms with Crippen molar-refractivity contribution in [1.82, 2.24) is 15.2 Å². The molecule has 1 saturated heterocycles. The molecule has 0 saturated carbocycles. The molecule has 4 nitrogen and oxygen atoms in total. The van der Waals surface area contributed by atoms with Gasteiger partial charge < -0.3 is 10.2 Å². The van der Waals surface area contributed by atoms with E-state index in [-0.39, 0.29) is 5.91 Å². The molecule has 1 aromatic carbocycles. The molecule has 122 valence electrons. The summed E-state index contributed by atoms with van der Waals surface area (Å²) in [6.45, 7) is 1.68. The molecule has 6 heteroatoms. The highest BCUT2D eigenvalue weighted by Crippen LogP contribution is 2.26. The van der Waals surface area contributed by atoms with E-state index in [1.54, 1.807) is 11.3 Å². The Morgan fingerprint density at radius 2 is 2.22 bits per heavy atom. The molecule has 0 aliphatic carbocycles. The Morgan fingerprint density at radius 1 is 1.43 bits per heavy atom. The van der Waals surface area contributed by atoms with Crippen molar-refractivity contribution in [2.75, 3.05) is 20.1 Å². The molecule has 1 amide bonds. The third-order valence-electron chi connectivity index (χ3n) is 4.21. The Bertz CT molecular complexity index is 680. The topological polar surface area (TPSA) is 45.2 Å². The van der Waals surface area contributed by atoms with Crippen LogP contribution < -0.4 is 5.32 Å². The maximum absolute atomic E-state index is 12.4. The van der Waals surface area contributed by atoms with Crippen LogP contribution in [0.3, 0.4) is 0 Å². The van der Waals surface area contributed by atoms with Crippen molar-refractivity contribution in [1.29, 1.82) is 0 Å². The van der Waals surface area contributed by atoms with Crippen LogP contribution in [0.1, 0.15) is 18.5 Å². The molecule has 23 heavy (non-hydrogen) atoms. The van der Waals surface area contributed by atoms with Crippen LogP contribution in [-0.4, -0.2) is 42.0 Å². The summed E-state index contributed by atoms with van der Waals surface area (Å²) in [5, 5.41) is 6.24. The minimum atomic E-state index is 0.186. The van der Waals surface area contributed by atoms with Crippen LogP contribution >= 0.6 is 27.3 Å². The Hall–Kier alpha value is -1.24. The fourth-order valence-electron chi connectivity index (χ4n) is 2.83. The van der Waals surface area contributed by atoms with E-state index in [2.05, 4.69) is 26.2 Å². The third-order valence-corrected chi connectivity index (χ3v) is 5.64. The lowest BCUT2D eigenvalue weighted by Crippen LogP contribution is -2.44. The zero-order chi connectivity index (χ0) is 16.2. The summed E-state index contributed by atoms with van der Waals surface area (Å²) >= 11 is 5.07. The first-order valence-electron chi connectivity index (χ1n) is 7.81. The van der Waals surface area contributed by atoms with E-state index in [1.807, 2.05) is 41.6 Å². The minimum Gasteiger partial charge on any atom is -0.342 e. The summed E-state index contributed by atoms with van der Waals surface area (Å²) < 4.78 is 1.04. The van der Waals surface area contributed by atoms with Crippen molar-refractivity contribution >= 4 is 33.2 Å². The van der Waals surface area contributed by atoms with Crippen molar-refractivity contribution in [3.63, 3.8) is 0 Å². The van der Waals surface area contributed by atoms with Gasteiger partial charge in [0.25, 0.3) is 0 Å². The second kappa shape index (κ2) is 7.55. The van der Waals surface area contributed by atoms with Gasteiger partial charge in [0.2, 0.25) is 5.91 Å². The smallest absolute Gasteiger partial charge is 0.228 e. The number of halogens is 1. The van der Waals surface area contributed by atoms with Gasteiger partial charge >= 0.3 is 0 Å². The van der Waals surface area contributed by atoms with Crippen LogP contribution in [0.25, 0.3) is 10.6 Å². The van der Waals surface area contributed by atoms with E-state index in [4.69, 9.17) is 0 Å². The Kier molecular flexibility index (Phi) is 5.46. The molecule has 2 heterocycles. The number of likely N-dealkylation sites (tertiary alicyclic amines) is 1. The first kappa shape index (κ1) is 16.6. The highest BCUT2D eigenvalue weighted by molar-refractivity contribution is 9.10. The van der Waals surface area contributed by atoms with Crippen LogP contribution in [0.15, 0.2) is 34.1 Å². The van der Waals surface area contributed by atoms with Gasteiger partial charge in [-0.15, -0.1) is 11.3 Å². The molecule has 1 N–H and O–H groups in total. The number of rotatable bonds is 4. The van der Waals surface area contributed by atoms with Crippen molar-refractivity contribution in [3.8, 4) is 10.6 Å². The minimum absolute atomic E-state index is 0.186. The lowest BCUT2D eigenvalue weighted by Gasteiger charge is -2.31. The molecule has 1 fully saturated rings. The van der Waals surface area contributed by atoms with Crippen LogP contribution in [0.4, 0.5) is 0 Å². The first-order chi connectivity index (χ1) is 11.2. The van der Waals surface area contributed by atoms with Crippen molar-refractivity contribution < 1.29 is 4.79 Å². The fourth-order valence-corrected chi connectivity index (χ4v) is 4.04. The van der Waals surface area contributed by atoms with Gasteiger partial charge in [0.15, 0.2) is 0 Å². The average Bonchev–Trinajstić information content (AvgIpc) is 3.03. The van der Waals surface area contributed by atoms with Crippen molar-refractivity contribution in [2.45, 2.75) is 25.3 Å². The highest BCUT2D eigenvalue weighted by Gasteiger charge is 2.22. The number of hydrogen-bond acceptors (Lipinski definition) is 4. The van der Waals surface area contributed by atoms with E-state index >= 15 is 0 Å². The normalized spacial score (nSPS) is 15.8. The summed E-state index contributed by atoms with van der Waals surface area (Å²) in [5.41, 5.74) is 1.95. The number of thiazole rings is 1. The molecular formula is C17H20BrN3OS. The predicted octanol–water partition coefficient (Wildman–Crippen LogP) is 3.33. The second-order valence-corrected chi connectivity index (χ2v) is 7.55. The number of hydrogen-bond donors (Lipinski definition) is 1. The summed E-state index contributed by atoms with van der Waals surface area (Å²) in [6, 6.07) is 8.62. The van der Waals surface area contributed by atoms with Gasteiger partial charge in [-0.25, -0.2) is 4.98 Å². The zero-order valence-electron chi connectivity index (χ0n) is 13.1. The molecule has 1 aliphatic rings. The zero-order valence-corrected chi connectivity index (χ0v) is 15.5. The van der Waals surface area contributed by atoms with Gasteiger partial charge in [-0.1, -0.05) is 28.1 Å². The number of carbonyl (C=O) groups excluding carboxylic acids is 1. The molecular weight excluding hydrogens is 374 g/mol. The number of benzene rings is 1. The van der Waals surface area contributed by atoms with Gasteiger partial charge in [0.05, 0.1) is 12.1 Å². The van der Waals surface area contributed by atoms with Gasteiger partial charge in [-0.05, 0) is 32.0 Å². The Balaban J connectivity index is 1.62. The lowest BCUT2D eigenvalue weighted by atomic mass is 10.0. The van der Waals surface area contributed by atoms with Crippen LogP contribution in [0.2, 0.25) is 0 Å². The molecule has 0 bridgehead atoms. The lowest BCUT2D eigenvalue weighted by molar-refractivity contribution is -0.131. The standard InChI is InChI=1S/C17H20BrN3OS/c1-19-14-5-7-21(8-6-14)16(22)10-15-11-23-17(20-15)12-3-2-4-13(18)9-12/h2-4,9,11,14,19H,5-8,10H2,1H3.